The van der Waals surface area contributed by atoms with Crippen LogP contribution in [-0.2, 0) is 38.1 Å². The average Bonchev–Trinajstić information content (AvgIpc) is 1.48. The Kier molecular flexibility index (Phi) is 41.0. The first-order valence-electron chi connectivity index (χ1n) is 36.7. The van der Waals surface area contributed by atoms with Gasteiger partial charge in [-0.25, -0.2) is 0 Å². The van der Waals surface area contributed by atoms with Gasteiger partial charge in [0, 0.05) is 108 Å². The van der Waals surface area contributed by atoms with Crippen molar-refractivity contribution in [3.8, 4) is 11.5 Å². The van der Waals surface area contributed by atoms with Crippen LogP contribution in [0.5, 0.6) is 11.5 Å². The first-order valence-corrected chi connectivity index (χ1v) is 36.7. The topological polar surface area (TPSA) is 470 Å². The summed E-state index contributed by atoms with van der Waals surface area (Å²) in [6.07, 6.45) is 17.9. The minimum absolute atomic E-state index is 0.00270. The number of guanidine groups is 4. The minimum atomic E-state index is -0.492. The normalized spacial score (nSPS) is 16.8. The largest absolute Gasteiger partial charge is 0.496 e. The number of nitrogens with two attached hydrogens (primary N) is 3. The highest BCUT2D eigenvalue weighted by Gasteiger charge is 2.32. The van der Waals surface area contributed by atoms with Crippen LogP contribution in [0.4, 0.5) is 0 Å². The van der Waals surface area contributed by atoms with Crippen LogP contribution in [-0.4, -0.2) is 221 Å². The van der Waals surface area contributed by atoms with E-state index < -0.39 is 23.6 Å². The molecule has 32 heteroatoms. The zero-order valence-corrected chi connectivity index (χ0v) is 63.3. The van der Waals surface area contributed by atoms with E-state index in [1.54, 1.807) is 32.2 Å². The monoisotopic (exact) mass is 1470 g/mol. The molecule has 105 heavy (non-hydrogen) atoms. The van der Waals surface area contributed by atoms with E-state index in [0.717, 1.165) is 51.4 Å². The van der Waals surface area contributed by atoms with E-state index in [0.29, 0.717) is 147 Å². The molecule has 0 bridgehead atoms. The molecular weight excluding hydrogens is 1350 g/mol. The molecule has 0 atom stereocenters. The quantitative estimate of drug-likeness (QED) is 0.0111. The Labute approximate surface area is 620 Å². The summed E-state index contributed by atoms with van der Waals surface area (Å²) < 4.78 is 36.6. The van der Waals surface area contributed by atoms with Crippen molar-refractivity contribution in [3.05, 3.63) is 93.4 Å². The van der Waals surface area contributed by atoms with Gasteiger partial charge in [-0.05, 0) is 170 Å². The molecule has 0 unspecified atom stereocenters. The maximum absolute atomic E-state index is 14.4. The Balaban J connectivity index is 1.40. The van der Waals surface area contributed by atoms with Crippen LogP contribution in [0.25, 0.3) is 0 Å². The van der Waals surface area contributed by atoms with Crippen LogP contribution >= 0.6 is 0 Å². The highest BCUT2D eigenvalue weighted by Crippen LogP contribution is 2.33. The number of allylic oxidation sites excluding steroid dienone is 3. The molecule has 0 aliphatic heterocycles. The Morgan fingerprint density at radius 2 is 0.943 bits per heavy atom. The molecule has 6 amide bonds. The van der Waals surface area contributed by atoms with E-state index >= 15 is 0 Å². The minimum Gasteiger partial charge on any atom is -0.496 e. The second-order valence-electron chi connectivity index (χ2n) is 26.7. The van der Waals surface area contributed by atoms with E-state index in [1.165, 1.54) is 26.4 Å². The summed E-state index contributed by atoms with van der Waals surface area (Å²) in [5.41, 5.74) is 17.5. The van der Waals surface area contributed by atoms with Crippen molar-refractivity contribution >= 4 is 59.3 Å². The molecule has 4 rings (SSSR count). The molecule has 0 spiro atoms. The lowest BCUT2D eigenvalue weighted by Crippen LogP contribution is -2.44. The van der Waals surface area contributed by atoms with Crippen LogP contribution in [0.15, 0.2) is 82.3 Å². The van der Waals surface area contributed by atoms with Crippen LogP contribution in [0.1, 0.15) is 162 Å². The average molecular weight is 1470 g/mol. The predicted molar refractivity (Wildman–Crippen MR) is 407 cm³/mol. The molecule has 0 aromatic heterocycles. The maximum Gasteiger partial charge on any atom is 0.255 e. The fourth-order valence-electron chi connectivity index (χ4n) is 11.6. The molecule has 1 aromatic rings. The van der Waals surface area contributed by atoms with E-state index in [1.807, 2.05) is 38.0 Å². The fourth-order valence-corrected chi connectivity index (χ4v) is 11.6. The molecule has 0 saturated heterocycles. The Bertz CT molecular complexity index is 3200. The number of nitrogens with zero attached hydrogens (tertiary/aromatic N) is 2. The van der Waals surface area contributed by atoms with Crippen LogP contribution in [0.3, 0.4) is 0 Å². The van der Waals surface area contributed by atoms with Crippen LogP contribution in [0, 0.1) is 21.6 Å². The van der Waals surface area contributed by atoms with Crippen LogP contribution in [0.2, 0.25) is 0 Å². The fraction of sp³-hybridized carbons (Fsp3) is 0.616. The van der Waals surface area contributed by atoms with Gasteiger partial charge in [-0.1, -0.05) is 12.7 Å². The van der Waals surface area contributed by atoms with E-state index in [9.17, 15) is 28.8 Å². The van der Waals surface area contributed by atoms with Gasteiger partial charge in [0.05, 0.1) is 74.1 Å². The summed E-state index contributed by atoms with van der Waals surface area (Å²) >= 11 is 0. The molecule has 2 saturated carbocycles. The number of benzene rings is 1. The number of ether oxygens (including phenoxy) is 6. The highest BCUT2D eigenvalue weighted by atomic mass is 16.5. The summed E-state index contributed by atoms with van der Waals surface area (Å²) in [5, 5.41) is 62.7. The number of methoxy groups -OCH3 is 2. The van der Waals surface area contributed by atoms with Gasteiger partial charge in [-0.15, -0.1) is 0 Å². The Hall–Kier alpha value is -9.72. The van der Waals surface area contributed by atoms with Crippen molar-refractivity contribution in [2.45, 2.75) is 166 Å². The summed E-state index contributed by atoms with van der Waals surface area (Å²) in [5.74, 6) is -1.15. The number of carbonyl (C=O) groups is 6. The van der Waals surface area contributed by atoms with E-state index in [2.05, 4.69) is 65.1 Å². The number of hydrogen-bond acceptors (Lipinski definition) is 18. The smallest absolute Gasteiger partial charge is 0.255 e. The zero-order valence-electron chi connectivity index (χ0n) is 63.3. The molecule has 2 fully saturated rings. The number of likely N-dealkylation sites (N-methyl/N-ethyl adjacent to an activating group) is 2. The number of hydrogen-bond donors (Lipinski definition) is 18. The third-order valence-corrected chi connectivity index (χ3v) is 17.7. The van der Waals surface area contributed by atoms with Gasteiger partial charge in [0.1, 0.15) is 34.5 Å². The lowest BCUT2D eigenvalue weighted by atomic mass is 9.90. The van der Waals surface area contributed by atoms with E-state index in [4.69, 9.17) is 67.3 Å². The summed E-state index contributed by atoms with van der Waals surface area (Å²) in [7, 11) is 12.1. The number of nitrogens with one attached hydrogen (secondary N) is 15. The van der Waals surface area contributed by atoms with Gasteiger partial charge in [0.15, 0.2) is 23.8 Å². The highest BCUT2D eigenvalue weighted by molar-refractivity contribution is 6.04. The number of unbranched alkanes of at least 4 members (excludes halogenated alkanes) is 8. The van der Waals surface area contributed by atoms with Crippen molar-refractivity contribution in [2.24, 2.45) is 17.2 Å². The molecular formula is C73H122N20O12. The summed E-state index contributed by atoms with van der Waals surface area (Å²) in [4.78, 5) is 88.2. The predicted octanol–water partition coefficient (Wildman–Crippen LogP) is 3.50. The van der Waals surface area contributed by atoms with Gasteiger partial charge < -0.3 is 114 Å². The second kappa shape index (κ2) is 49.1. The second-order valence-corrected chi connectivity index (χ2v) is 26.7. The maximum atomic E-state index is 14.4. The molecule has 1 aromatic carbocycles. The number of carbonyl (C=O) groups excluding carboxylic acids is 6. The Morgan fingerprint density at radius 1 is 0.514 bits per heavy atom. The molecule has 32 nitrogen and oxygen atoms in total. The van der Waals surface area contributed by atoms with Crippen molar-refractivity contribution in [3.63, 3.8) is 0 Å². The molecule has 0 heterocycles. The molecule has 3 aliphatic rings. The van der Waals surface area contributed by atoms with Crippen molar-refractivity contribution < 1.29 is 57.2 Å². The van der Waals surface area contributed by atoms with Crippen LogP contribution < -0.4 is 85.2 Å². The lowest BCUT2D eigenvalue weighted by Gasteiger charge is -2.30. The third kappa shape index (κ3) is 34.2. The SMILES string of the molecule is C=C(C(=O)N[C@H]1CC[C@H](NC(=O)c2cc(C(=O)NCCN(C)C)c(OCCCCCNC(=N)N)cc2OCCCCCNC(=N)N)CC1)/C(=C\C(OC)=C(/C)C(=O)N[C@H]1CC[C@H](NC(=O)C2=CCC(C(=O)NCCN(C)C)=C(OCCCCCNC(=N)N)C=C2OCCCCCNC(=N)NC)CC1)OC. The van der Waals surface area contributed by atoms with Crippen molar-refractivity contribution in [1.29, 1.82) is 21.6 Å². The summed E-state index contributed by atoms with van der Waals surface area (Å²) in [6.45, 7) is 10.9. The van der Waals surface area contributed by atoms with Crippen molar-refractivity contribution in [1.82, 2.24) is 68.3 Å². The zero-order chi connectivity index (χ0) is 77.1. The molecule has 586 valence electrons. The van der Waals surface area contributed by atoms with Crippen molar-refractivity contribution in [2.75, 3.05) is 128 Å². The van der Waals surface area contributed by atoms with Gasteiger partial charge in [-0.2, -0.15) is 0 Å². The van der Waals surface area contributed by atoms with Gasteiger partial charge in [0.25, 0.3) is 35.4 Å². The first kappa shape index (κ1) is 87.7. The molecule has 0 radical (unpaired) electrons. The standard InChI is InChI=1S/C73H122N20O12/c1-48(64(94)88-50-22-26-52(27-23-50)90-68(98)55-31-30-54(66(96)82-36-38-92(4)5)60(102-40-18-10-14-32-84-70(74)75)46-61(55)103-41-21-13-17-35-87-73(80)81-3)58(100-8)45-59(101-9)49(2)65(95)89-51-24-28-53(29-25-51)91-69(99)57-44-56(67(97)83-37-39-93(6)7)62(104-42-19-11-15-33-85-71(76)77)47-63(57)105-43-20-12-16-34-86-72(78)79/h31,44-47,50-53H,2,10-30,32-43H2,1,3-9H3,(H,82,96)(H,83,97)(H,88,94)(H,89,95)(H,90,98)(H,91,99)(H4,74,75,84)(H4,76,77,85)(H4,78,79,86)(H3,80,81,87)/b58-48-,59-45+/t50-,51-,52-,53-. The lowest BCUT2D eigenvalue weighted by molar-refractivity contribution is -0.120. The number of rotatable bonds is 48. The van der Waals surface area contributed by atoms with Gasteiger partial charge >= 0.3 is 0 Å². The Morgan fingerprint density at radius 3 is 1.40 bits per heavy atom. The third-order valence-electron chi connectivity index (χ3n) is 17.7. The summed E-state index contributed by atoms with van der Waals surface area (Å²) in [6, 6.07) is 2.08. The molecule has 21 N–H and O–H groups in total. The van der Waals surface area contributed by atoms with Gasteiger partial charge in [-0.3, -0.25) is 50.4 Å². The first-order chi connectivity index (χ1) is 50.3. The molecule has 3 aliphatic carbocycles. The van der Waals surface area contributed by atoms with E-state index in [-0.39, 0.29) is 143 Å². The number of amides is 6. The van der Waals surface area contributed by atoms with Gasteiger partial charge in [0.2, 0.25) is 0 Å².